The summed E-state index contributed by atoms with van der Waals surface area (Å²) in [6, 6.07) is 13.6. The van der Waals surface area contributed by atoms with E-state index in [0.29, 0.717) is 18.7 Å². The zero-order valence-electron chi connectivity index (χ0n) is 14.7. The van der Waals surface area contributed by atoms with Crippen LogP contribution in [-0.2, 0) is 17.8 Å². The first-order chi connectivity index (χ1) is 12.5. The van der Waals surface area contributed by atoms with Gasteiger partial charge in [-0.15, -0.1) is 11.3 Å². The van der Waals surface area contributed by atoms with Crippen molar-refractivity contribution in [2.45, 2.75) is 19.9 Å². The van der Waals surface area contributed by atoms with E-state index in [2.05, 4.69) is 4.98 Å². The quantitative estimate of drug-likeness (QED) is 0.714. The number of para-hydroxylation sites is 1. The summed E-state index contributed by atoms with van der Waals surface area (Å²) < 4.78 is 1.13. The Morgan fingerprint density at radius 2 is 2.04 bits per heavy atom. The summed E-state index contributed by atoms with van der Waals surface area (Å²) in [6.07, 6.45) is 0.789. The second-order valence-electron chi connectivity index (χ2n) is 6.50. The number of hydrogen-bond donors (Lipinski definition) is 0. The Hall–Kier alpha value is -2.73. The lowest BCUT2D eigenvalue weighted by Gasteiger charge is -2.17. The average Bonchev–Trinajstić information content (AvgIpc) is 3.23. The third-order valence-corrected chi connectivity index (χ3v) is 5.68. The number of hydrogen-bond acceptors (Lipinski definition) is 4. The predicted molar refractivity (Wildman–Crippen MR) is 104 cm³/mol. The Morgan fingerprint density at radius 1 is 1.23 bits per heavy atom. The normalized spacial score (nSPS) is 13.1. The standard InChI is InChI=1S/C20H19N3O2S/c1-13(24)23-10-9-14-11-15(7-8-17(14)23)20(25)22(2)12-19-21-16-5-3-4-6-18(16)26-19/h3-8,11H,9-10,12H2,1-2H3. The molecule has 1 aromatic heterocycles. The first-order valence-corrected chi connectivity index (χ1v) is 9.35. The molecule has 0 N–H and O–H groups in total. The van der Waals surface area contributed by atoms with E-state index >= 15 is 0 Å². The maximum absolute atomic E-state index is 12.8. The molecule has 6 heteroatoms. The van der Waals surface area contributed by atoms with E-state index in [1.807, 2.05) is 36.4 Å². The number of aromatic nitrogens is 1. The molecule has 0 saturated carbocycles. The number of fused-ring (bicyclic) bond motifs is 2. The molecule has 0 saturated heterocycles. The SMILES string of the molecule is CC(=O)N1CCc2cc(C(=O)N(C)Cc3nc4ccccc4s3)ccc21. The van der Waals surface area contributed by atoms with Crippen molar-refractivity contribution in [1.29, 1.82) is 0 Å². The van der Waals surface area contributed by atoms with Crippen molar-refractivity contribution >= 4 is 39.1 Å². The zero-order valence-corrected chi connectivity index (χ0v) is 15.5. The van der Waals surface area contributed by atoms with Gasteiger partial charge in [0, 0.05) is 31.8 Å². The molecular formula is C20H19N3O2S. The second kappa shape index (κ2) is 6.53. The molecule has 1 aliphatic heterocycles. The molecule has 0 radical (unpaired) electrons. The Morgan fingerprint density at radius 3 is 2.81 bits per heavy atom. The number of nitrogens with zero attached hydrogens (tertiary/aromatic N) is 3. The van der Waals surface area contributed by atoms with Gasteiger partial charge in [-0.25, -0.2) is 4.98 Å². The lowest BCUT2D eigenvalue weighted by atomic mass is 10.1. The van der Waals surface area contributed by atoms with Gasteiger partial charge in [0.15, 0.2) is 0 Å². The third kappa shape index (κ3) is 2.97. The summed E-state index contributed by atoms with van der Waals surface area (Å²) in [5, 5.41) is 0.922. The van der Waals surface area contributed by atoms with Crippen LogP contribution in [0, 0.1) is 0 Å². The zero-order chi connectivity index (χ0) is 18.3. The number of carbonyl (C=O) groups excluding carboxylic acids is 2. The lowest BCUT2D eigenvalue weighted by Crippen LogP contribution is -2.26. The predicted octanol–water partition coefficient (Wildman–Crippen LogP) is 3.48. The number of rotatable bonds is 3. The van der Waals surface area contributed by atoms with Crippen LogP contribution in [-0.4, -0.2) is 35.3 Å². The van der Waals surface area contributed by atoms with E-state index in [1.54, 1.807) is 41.2 Å². The Balaban J connectivity index is 1.53. The van der Waals surface area contributed by atoms with Crippen molar-refractivity contribution in [3.8, 4) is 0 Å². The molecular weight excluding hydrogens is 346 g/mol. The fourth-order valence-corrected chi connectivity index (χ4v) is 4.37. The lowest BCUT2D eigenvalue weighted by molar-refractivity contribution is -0.116. The minimum absolute atomic E-state index is 0.0340. The van der Waals surface area contributed by atoms with Crippen LogP contribution in [0.4, 0.5) is 5.69 Å². The second-order valence-corrected chi connectivity index (χ2v) is 7.62. The van der Waals surface area contributed by atoms with Gasteiger partial charge in [0.2, 0.25) is 5.91 Å². The first kappa shape index (κ1) is 16.7. The van der Waals surface area contributed by atoms with Crippen LogP contribution in [0.5, 0.6) is 0 Å². The van der Waals surface area contributed by atoms with Crippen molar-refractivity contribution in [1.82, 2.24) is 9.88 Å². The number of amides is 2. The van der Waals surface area contributed by atoms with Gasteiger partial charge in [0.05, 0.1) is 16.8 Å². The molecule has 5 nitrogen and oxygen atoms in total. The van der Waals surface area contributed by atoms with E-state index < -0.39 is 0 Å². The molecule has 0 bridgehead atoms. The van der Waals surface area contributed by atoms with E-state index in [0.717, 1.165) is 32.9 Å². The summed E-state index contributed by atoms with van der Waals surface area (Å²) in [7, 11) is 1.80. The molecule has 132 valence electrons. The molecule has 26 heavy (non-hydrogen) atoms. The van der Waals surface area contributed by atoms with Gasteiger partial charge >= 0.3 is 0 Å². The van der Waals surface area contributed by atoms with Crippen LogP contribution < -0.4 is 4.90 Å². The summed E-state index contributed by atoms with van der Waals surface area (Å²) in [4.78, 5) is 32.5. The fourth-order valence-electron chi connectivity index (χ4n) is 3.34. The topological polar surface area (TPSA) is 53.5 Å². The summed E-state index contributed by atoms with van der Waals surface area (Å²) in [5.74, 6) is 0.00381. The van der Waals surface area contributed by atoms with Crippen molar-refractivity contribution in [3.05, 3.63) is 58.6 Å². The van der Waals surface area contributed by atoms with Crippen LogP contribution in [0.2, 0.25) is 0 Å². The molecule has 1 aliphatic rings. The molecule has 2 aromatic carbocycles. The van der Waals surface area contributed by atoms with Crippen LogP contribution in [0.1, 0.15) is 27.9 Å². The van der Waals surface area contributed by atoms with Crippen molar-refractivity contribution in [2.24, 2.45) is 0 Å². The maximum atomic E-state index is 12.8. The van der Waals surface area contributed by atoms with E-state index in [9.17, 15) is 9.59 Å². The van der Waals surface area contributed by atoms with Gasteiger partial charge in [0.1, 0.15) is 5.01 Å². The molecule has 2 amide bonds. The minimum Gasteiger partial charge on any atom is -0.335 e. The molecule has 2 heterocycles. The van der Waals surface area contributed by atoms with E-state index in [4.69, 9.17) is 0 Å². The molecule has 3 aromatic rings. The largest absolute Gasteiger partial charge is 0.335 e. The van der Waals surface area contributed by atoms with Crippen LogP contribution in [0.15, 0.2) is 42.5 Å². The molecule has 4 rings (SSSR count). The van der Waals surface area contributed by atoms with Gasteiger partial charge in [-0.1, -0.05) is 12.1 Å². The first-order valence-electron chi connectivity index (χ1n) is 8.54. The summed E-state index contributed by atoms with van der Waals surface area (Å²) in [5.41, 5.74) is 3.59. The Labute approximate surface area is 155 Å². The maximum Gasteiger partial charge on any atom is 0.253 e. The van der Waals surface area contributed by atoms with Gasteiger partial charge < -0.3 is 9.80 Å². The summed E-state index contributed by atoms with van der Waals surface area (Å²) >= 11 is 1.61. The van der Waals surface area contributed by atoms with Gasteiger partial charge in [0.25, 0.3) is 5.91 Å². The monoisotopic (exact) mass is 365 g/mol. The van der Waals surface area contributed by atoms with Gasteiger partial charge in [-0.05, 0) is 42.3 Å². The number of anilines is 1. The van der Waals surface area contributed by atoms with Gasteiger partial charge in [-0.2, -0.15) is 0 Å². The van der Waals surface area contributed by atoms with Crippen LogP contribution in [0.3, 0.4) is 0 Å². The minimum atomic E-state index is -0.0340. The number of carbonyl (C=O) groups is 2. The third-order valence-electron chi connectivity index (χ3n) is 4.66. The fraction of sp³-hybridized carbons (Fsp3) is 0.250. The highest BCUT2D eigenvalue weighted by molar-refractivity contribution is 7.18. The van der Waals surface area contributed by atoms with E-state index in [1.165, 1.54) is 0 Å². The Kier molecular flexibility index (Phi) is 4.20. The highest BCUT2D eigenvalue weighted by Gasteiger charge is 2.24. The van der Waals surface area contributed by atoms with Crippen LogP contribution >= 0.6 is 11.3 Å². The van der Waals surface area contributed by atoms with Crippen molar-refractivity contribution in [2.75, 3.05) is 18.5 Å². The molecule has 0 unspecified atom stereocenters. The summed E-state index contributed by atoms with van der Waals surface area (Å²) in [6.45, 7) is 2.73. The Bertz CT molecular complexity index is 978. The van der Waals surface area contributed by atoms with E-state index in [-0.39, 0.29) is 11.8 Å². The average molecular weight is 365 g/mol. The smallest absolute Gasteiger partial charge is 0.253 e. The van der Waals surface area contributed by atoms with Crippen molar-refractivity contribution in [3.63, 3.8) is 0 Å². The molecule has 0 fully saturated rings. The molecule has 0 aliphatic carbocycles. The van der Waals surface area contributed by atoms with Crippen molar-refractivity contribution < 1.29 is 9.59 Å². The van der Waals surface area contributed by atoms with Gasteiger partial charge in [-0.3, -0.25) is 9.59 Å². The highest BCUT2D eigenvalue weighted by atomic mass is 32.1. The molecule has 0 spiro atoms. The molecule has 0 atom stereocenters. The van der Waals surface area contributed by atoms with Crippen LogP contribution in [0.25, 0.3) is 10.2 Å². The number of thiazole rings is 1. The highest BCUT2D eigenvalue weighted by Crippen LogP contribution is 2.29. The number of benzene rings is 2.